The van der Waals surface area contributed by atoms with E-state index in [1.807, 2.05) is 0 Å². The minimum Gasteiger partial charge on any atom is -0.412 e. The van der Waals surface area contributed by atoms with Gasteiger partial charge < -0.3 is 25.4 Å². The number of carbonyl (C=O) groups is 1. The molecular formula is C24H36ClN3O3. The first-order chi connectivity index (χ1) is 13.9. The van der Waals surface area contributed by atoms with Gasteiger partial charge in [-0.2, -0.15) is 0 Å². The third kappa shape index (κ3) is 3.99. The molecule has 2 aliphatic carbocycles. The van der Waals surface area contributed by atoms with Gasteiger partial charge in [-0.05, 0) is 70.2 Å². The Balaban J connectivity index is 0.00000136. The van der Waals surface area contributed by atoms with E-state index in [1.165, 1.54) is 22.0 Å². The monoisotopic (exact) mass is 449 g/mol. The van der Waals surface area contributed by atoms with Gasteiger partial charge >= 0.3 is 0 Å². The van der Waals surface area contributed by atoms with Crippen molar-refractivity contribution >= 4 is 29.2 Å². The molecule has 0 bridgehead atoms. The number of benzene rings is 1. The summed E-state index contributed by atoms with van der Waals surface area (Å²) in [6.45, 7) is 5.28. The van der Waals surface area contributed by atoms with Crippen molar-refractivity contribution < 1.29 is 15.4 Å². The molecule has 5 rings (SSSR count). The topological polar surface area (TPSA) is 89.0 Å². The van der Waals surface area contributed by atoms with Crippen molar-refractivity contribution in [3.05, 3.63) is 35.5 Å². The van der Waals surface area contributed by atoms with Crippen LogP contribution in [0.5, 0.6) is 0 Å². The summed E-state index contributed by atoms with van der Waals surface area (Å²) in [6, 6.07) is 7.53. The summed E-state index contributed by atoms with van der Waals surface area (Å²) in [5.74, 6) is 0.495. The Morgan fingerprint density at radius 2 is 2.03 bits per heavy atom. The quantitative estimate of drug-likeness (QED) is 0.755. The lowest BCUT2D eigenvalue weighted by molar-refractivity contribution is -0.128. The smallest absolute Gasteiger partial charge is 0.224 e. The third-order valence-electron chi connectivity index (χ3n) is 7.61. The molecule has 1 aliphatic heterocycles. The second kappa shape index (κ2) is 9.10. The first kappa shape index (κ1) is 24.1. The molecule has 4 N–H and O–H groups in total. The highest BCUT2D eigenvalue weighted by Crippen LogP contribution is 2.45. The van der Waals surface area contributed by atoms with Crippen molar-refractivity contribution in [1.82, 2.24) is 14.8 Å². The van der Waals surface area contributed by atoms with Crippen molar-refractivity contribution in [3.8, 4) is 0 Å². The zero-order valence-electron chi connectivity index (χ0n) is 18.7. The minimum atomic E-state index is -0.380. The SMILES string of the molecule is CC(C)n1cc2c3c(cccc31)[C@H]1C[C@H](C(=O)NC3CCCC3O)CN(C)[C@@H]1C2.Cl.O. The van der Waals surface area contributed by atoms with Gasteiger partial charge in [-0.3, -0.25) is 4.79 Å². The van der Waals surface area contributed by atoms with E-state index in [-0.39, 0.29) is 41.9 Å². The summed E-state index contributed by atoms with van der Waals surface area (Å²) in [7, 11) is 2.17. The van der Waals surface area contributed by atoms with Gasteiger partial charge in [0.05, 0.1) is 18.1 Å². The number of nitrogens with one attached hydrogen (secondary N) is 1. The van der Waals surface area contributed by atoms with E-state index < -0.39 is 0 Å². The number of hydrogen-bond acceptors (Lipinski definition) is 3. The molecular weight excluding hydrogens is 414 g/mol. The van der Waals surface area contributed by atoms with Crippen LogP contribution in [0.2, 0.25) is 0 Å². The lowest BCUT2D eigenvalue weighted by atomic mass is 9.72. The molecule has 5 atom stereocenters. The van der Waals surface area contributed by atoms with Crippen LogP contribution in [0.15, 0.2) is 24.4 Å². The number of likely N-dealkylation sites (tertiary alicyclic amines) is 1. The Labute approximate surface area is 190 Å². The average molecular weight is 450 g/mol. The molecule has 0 radical (unpaired) electrons. The summed E-state index contributed by atoms with van der Waals surface area (Å²) >= 11 is 0. The van der Waals surface area contributed by atoms with Gasteiger partial charge in [-0.25, -0.2) is 0 Å². The van der Waals surface area contributed by atoms with Crippen LogP contribution in [0.3, 0.4) is 0 Å². The van der Waals surface area contributed by atoms with E-state index in [4.69, 9.17) is 0 Å². The normalized spacial score (nSPS) is 29.9. The number of aliphatic hydroxyl groups excluding tert-OH is 1. The van der Waals surface area contributed by atoms with Crippen LogP contribution in [0.1, 0.15) is 62.6 Å². The molecule has 172 valence electrons. The van der Waals surface area contributed by atoms with Crippen molar-refractivity contribution in [2.75, 3.05) is 13.6 Å². The molecule has 1 aromatic heterocycles. The largest absolute Gasteiger partial charge is 0.412 e. The summed E-state index contributed by atoms with van der Waals surface area (Å²) < 4.78 is 2.40. The molecule has 2 heterocycles. The van der Waals surface area contributed by atoms with Gasteiger partial charge in [-0.15, -0.1) is 12.4 Å². The summed E-state index contributed by atoms with van der Waals surface area (Å²) in [5, 5.41) is 14.7. The van der Waals surface area contributed by atoms with Gasteiger partial charge in [0.15, 0.2) is 0 Å². The summed E-state index contributed by atoms with van der Waals surface area (Å²) in [6.07, 6.45) is 6.63. The van der Waals surface area contributed by atoms with Gasteiger partial charge in [0.1, 0.15) is 0 Å². The highest BCUT2D eigenvalue weighted by atomic mass is 35.5. The van der Waals surface area contributed by atoms with E-state index in [1.54, 1.807) is 0 Å². The maximum absolute atomic E-state index is 13.0. The number of amides is 1. The highest BCUT2D eigenvalue weighted by Gasteiger charge is 2.42. The minimum absolute atomic E-state index is 0. The van der Waals surface area contributed by atoms with Crippen molar-refractivity contribution in [2.24, 2.45) is 5.92 Å². The molecule has 2 aromatic rings. The van der Waals surface area contributed by atoms with Crippen molar-refractivity contribution in [2.45, 2.75) is 76.1 Å². The maximum atomic E-state index is 13.0. The van der Waals surface area contributed by atoms with Crippen LogP contribution in [0, 0.1) is 5.92 Å². The summed E-state index contributed by atoms with van der Waals surface area (Å²) in [5.41, 5.74) is 4.20. The number of aliphatic hydroxyl groups is 1. The number of fused-ring (bicyclic) bond motifs is 2. The van der Waals surface area contributed by atoms with Crippen LogP contribution in [-0.4, -0.2) is 57.7 Å². The molecule has 1 amide bonds. The van der Waals surface area contributed by atoms with Crippen molar-refractivity contribution in [1.29, 1.82) is 0 Å². The number of rotatable bonds is 3. The number of carbonyl (C=O) groups excluding carboxylic acids is 1. The Kier molecular flexibility index (Phi) is 7.06. The number of halogens is 1. The molecule has 1 aromatic carbocycles. The van der Waals surface area contributed by atoms with Crippen LogP contribution < -0.4 is 5.32 Å². The predicted molar refractivity (Wildman–Crippen MR) is 126 cm³/mol. The molecule has 2 fully saturated rings. The lowest BCUT2D eigenvalue weighted by Gasteiger charge is -2.45. The fourth-order valence-electron chi connectivity index (χ4n) is 6.10. The average Bonchev–Trinajstić information content (AvgIpc) is 3.27. The fraction of sp³-hybridized carbons (Fsp3) is 0.625. The Morgan fingerprint density at radius 3 is 2.71 bits per heavy atom. The van der Waals surface area contributed by atoms with Gasteiger partial charge in [-0.1, -0.05) is 12.1 Å². The molecule has 7 heteroatoms. The number of aromatic nitrogens is 1. The fourth-order valence-corrected chi connectivity index (χ4v) is 6.10. The van der Waals surface area contributed by atoms with Crippen LogP contribution in [-0.2, 0) is 11.2 Å². The maximum Gasteiger partial charge on any atom is 0.224 e. The highest BCUT2D eigenvalue weighted by molar-refractivity contribution is 5.89. The van der Waals surface area contributed by atoms with Gasteiger partial charge in [0.2, 0.25) is 5.91 Å². The standard InChI is InChI=1S/C24H33N3O2.ClH.H2O/c1-14(2)27-13-15-11-21-18(17-6-4-8-20(27)23(15)17)10-16(12-26(21)3)24(29)25-19-7-5-9-22(19)28;;/h4,6,8,13-14,16,18-19,21-22,28H,5,7,9-12H2,1-3H3,(H,25,29);1H;1H2/t16-,18+,19?,21+,22?;;/m0../s1. The van der Waals surface area contributed by atoms with E-state index in [9.17, 15) is 9.90 Å². The Morgan fingerprint density at radius 1 is 1.26 bits per heavy atom. The Hall–Kier alpha value is -1.60. The van der Waals surface area contributed by atoms with E-state index in [0.29, 0.717) is 18.0 Å². The van der Waals surface area contributed by atoms with Crippen LogP contribution >= 0.6 is 12.4 Å². The van der Waals surface area contributed by atoms with Gasteiger partial charge in [0, 0.05) is 41.6 Å². The third-order valence-corrected chi connectivity index (χ3v) is 7.61. The molecule has 1 saturated carbocycles. The number of piperidine rings is 1. The Bertz CT molecular complexity index is 944. The molecule has 6 nitrogen and oxygen atoms in total. The van der Waals surface area contributed by atoms with E-state index >= 15 is 0 Å². The van der Waals surface area contributed by atoms with Crippen LogP contribution in [0.4, 0.5) is 0 Å². The number of hydrogen-bond donors (Lipinski definition) is 2. The second-order valence-electron chi connectivity index (χ2n) is 9.76. The molecule has 1 saturated heterocycles. The first-order valence-electron chi connectivity index (χ1n) is 11.2. The molecule has 0 spiro atoms. The first-order valence-corrected chi connectivity index (χ1v) is 11.2. The zero-order valence-corrected chi connectivity index (χ0v) is 19.5. The van der Waals surface area contributed by atoms with E-state index in [2.05, 4.69) is 60.1 Å². The summed E-state index contributed by atoms with van der Waals surface area (Å²) in [4.78, 5) is 15.4. The molecule has 31 heavy (non-hydrogen) atoms. The molecule has 3 aliphatic rings. The second-order valence-corrected chi connectivity index (χ2v) is 9.76. The number of nitrogens with zero attached hydrogens (tertiary/aromatic N) is 2. The molecule has 2 unspecified atom stereocenters. The van der Waals surface area contributed by atoms with E-state index in [0.717, 1.165) is 38.6 Å². The van der Waals surface area contributed by atoms with Gasteiger partial charge in [0.25, 0.3) is 0 Å². The lowest BCUT2D eigenvalue weighted by Crippen LogP contribution is -2.53. The number of likely N-dealkylation sites (N-methyl/N-ethyl adjacent to an activating group) is 1. The zero-order chi connectivity index (χ0) is 20.3. The van der Waals surface area contributed by atoms with Crippen molar-refractivity contribution in [3.63, 3.8) is 0 Å². The predicted octanol–water partition coefficient (Wildman–Crippen LogP) is 2.81. The van der Waals surface area contributed by atoms with Crippen LogP contribution in [0.25, 0.3) is 10.9 Å².